The molecule has 25 heavy (non-hydrogen) atoms. The van der Waals surface area contributed by atoms with Crippen molar-refractivity contribution in [1.82, 2.24) is 10.2 Å². The van der Waals surface area contributed by atoms with E-state index in [0.717, 1.165) is 57.3 Å². The summed E-state index contributed by atoms with van der Waals surface area (Å²) in [6, 6.07) is 6.35. The highest BCUT2D eigenvalue weighted by Crippen LogP contribution is 2.30. The molecule has 1 aromatic carbocycles. The van der Waals surface area contributed by atoms with Crippen molar-refractivity contribution in [3.63, 3.8) is 0 Å². The molecular weight excluding hydrogens is 336 g/mol. The number of hydrogen-bond acceptors (Lipinski definition) is 4. The molecule has 1 unspecified atom stereocenters. The van der Waals surface area contributed by atoms with Gasteiger partial charge in [-0.2, -0.15) is 0 Å². The zero-order chi connectivity index (χ0) is 17.4. The topological polar surface area (TPSA) is 33.7 Å². The van der Waals surface area contributed by atoms with Gasteiger partial charge < -0.3 is 14.8 Å². The Morgan fingerprint density at radius 1 is 1.20 bits per heavy atom. The average molecular weight is 371 g/mol. The van der Waals surface area contributed by atoms with Crippen LogP contribution >= 0.6 is 12.4 Å². The molecule has 0 spiro atoms. The van der Waals surface area contributed by atoms with Crippen LogP contribution in [-0.4, -0.2) is 44.8 Å². The Bertz CT molecular complexity index is 504. The van der Waals surface area contributed by atoms with E-state index in [1.54, 1.807) is 7.11 Å². The lowest BCUT2D eigenvalue weighted by Crippen LogP contribution is -2.37. The van der Waals surface area contributed by atoms with Gasteiger partial charge in [0.25, 0.3) is 0 Å². The molecule has 0 aliphatic carbocycles. The number of benzene rings is 1. The van der Waals surface area contributed by atoms with Gasteiger partial charge >= 0.3 is 0 Å². The van der Waals surface area contributed by atoms with Crippen LogP contribution in [0.15, 0.2) is 18.2 Å². The number of nitrogens with zero attached hydrogens (tertiary/aromatic N) is 1. The van der Waals surface area contributed by atoms with Crippen LogP contribution in [0.1, 0.15) is 45.6 Å². The first kappa shape index (κ1) is 22.1. The van der Waals surface area contributed by atoms with Gasteiger partial charge in [-0.1, -0.05) is 26.8 Å². The zero-order valence-electron chi connectivity index (χ0n) is 16.3. The van der Waals surface area contributed by atoms with Gasteiger partial charge in [0.1, 0.15) is 0 Å². The molecule has 0 bridgehead atoms. The molecule has 0 saturated carbocycles. The molecule has 1 saturated heterocycles. The molecule has 1 aromatic rings. The average Bonchev–Trinajstić information content (AvgIpc) is 2.99. The smallest absolute Gasteiger partial charge is 0.161 e. The fraction of sp³-hybridized carbons (Fsp3) is 0.700. The Labute approximate surface area is 159 Å². The Balaban J connectivity index is 0.00000312. The van der Waals surface area contributed by atoms with Gasteiger partial charge in [-0.15, -0.1) is 12.4 Å². The minimum Gasteiger partial charge on any atom is -0.493 e. The van der Waals surface area contributed by atoms with Gasteiger partial charge in [0.15, 0.2) is 11.5 Å². The van der Waals surface area contributed by atoms with Crippen molar-refractivity contribution in [2.24, 2.45) is 5.41 Å². The molecule has 1 aliphatic rings. The van der Waals surface area contributed by atoms with Crippen molar-refractivity contribution in [3.8, 4) is 11.5 Å². The van der Waals surface area contributed by atoms with Crippen LogP contribution in [0.2, 0.25) is 0 Å². The summed E-state index contributed by atoms with van der Waals surface area (Å²) in [5, 5.41) is 3.51. The second-order valence-corrected chi connectivity index (χ2v) is 7.28. The highest BCUT2D eigenvalue weighted by atomic mass is 35.5. The third kappa shape index (κ3) is 6.69. The van der Waals surface area contributed by atoms with Crippen molar-refractivity contribution >= 4 is 12.4 Å². The molecule has 0 radical (unpaired) electrons. The minimum atomic E-state index is 0. The molecule has 0 aromatic heterocycles. The summed E-state index contributed by atoms with van der Waals surface area (Å²) < 4.78 is 11.3. The second kappa shape index (κ2) is 10.9. The maximum absolute atomic E-state index is 5.76. The van der Waals surface area contributed by atoms with E-state index < -0.39 is 0 Å². The zero-order valence-corrected chi connectivity index (χ0v) is 17.1. The summed E-state index contributed by atoms with van der Waals surface area (Å²) in [7, 11) is 1.72. The summed E-state index contributed by atoms with van der Waals surface area (Å²) in [6.07, 6.45) is 3.44. The molecule has 2 rings (SSSR count). The highest BCUT2D eigenvalue weighted by molar-refractivity contribution is 5.85. The SMILES string of the molecule is CCCOc1ccc(CN(CCC)CC2(C)CCNC2)cc1OC.Cl. The van der Waals surface area contributed by atoms with Crippen molar-refractivity contribution in [2.45, 2.75) is 46.6 Å². The number of halogens is 1. The van der Waals surface area contributed by atoms with Crippen molar-refractivity contribution in [3.05, 3.63) is 23.8 Å². The van der Waals surface area contributed by atoms with Crippen LogP contribution in [0.25, 0.3) is 0 Å². The summed E-state index contributed by atoms with van der Waals surface area (Å²) in [5.41, 5.74) is 1.68. The Kier molecular flexibility index (Phi) is 9.62. The largest absolute Gasteiger partial charge is 0.493 e. The number of rotatable bonds is 10. The maximum atomic E-state index is 5.76. The summed E-state index contributed by atoms with van der Waals surface area (Å²) in [6.45, 7) is 13.0. The summed E-state index contributed by atoms with van der Waals surface area (Å²) in [4.78, 5) is 2.58. The van der Waals surface area contributed by atoms with Crippen LogP contribution in [-0.2, 0) is 6.54 Å². The summed E-state index contributed by atoms with van der Waals surface area (Å²) >= 11 is 0. The van der Waals surface area contributed by atoms with Gasteiger partial charge in [0.2, 0.25) is 0 Å². The summed E-state index contributed by atoms with van der Waals surface area (Å²) in [5.74, 6) is 1.68. The highest BCUT2D eigenvalue weighted by Gasteiger charge is 2.30. The second-order valence-electron chi connectivity index (χ2n) is 7.28. The molecule has 1 N–H and O–H groups in total. The molecule has 1 heterocycles. The van der Waals surface area contributed by atoms with Gasteiger partial charge in [-0.25, -0.2) is 0 Å². The molecule has 0 amide bonds. The quantitative estimate of drug-likeness (QED) is 0.671. The van der Waals surface area contributed by atoms with E-state index in [-0.39, 0.29) is 12.4 Å². The lowest BCUT2D eigenvalue weighted by atomic mass is 9.89. The predicted molar refractivity (Wildman–Crippen MR) is 107 cm³/mol. The van der Waals surface area contributed by atoms with E-state index >= 15 is 0 Å². The first-order valence-corrected chi connectivity index (χ1v) is 9.33. The van der Waals surface area contributed by atoms with Crippen molar-refractivity contribution in [2.75, 3.05) is 39.9 Å². The predicted octanol–water partition coefficient (Wildman–Crippen LogP) is 4.12. The van der Waals surface area contributed by atoms with Crippen molar-refractivity contribution in [1.29, 1.82) is 0 Å². The van der Waals surface area contributed by atoms with Gasteiger partial charge in [-0.3, -0.25) is 4.90 Å². The normalized spacial score (nSPS) is 19.7. The van der Waals surface area contributed by atoms with E-state index in [1.807, 2.05) is 6.07 Å². The number of hydrogen-bond donors (Lipinski definition) is 1. The molecular formula is C20H35ClN2O2. The Hall–Kier alpha value is -0.970. The van der Waals surface area contributed by atoms with Crippen LogP contribution in [0, 0.1) is 5.41 Å². The van der Waals surface area contributed by atoms with Crippen LogP contribution in [0.5, 0.6) is 11.5 Å². The van der Waals surface area contributed by atoms with Crippen LogP contribution in [0.3, 0.4) is 0 Å². The van der Waals surface area contributed by atoms with E-state index in [4.69, 9.17) is 9.47 Å². The first-order chi connectivity index (χ1) is 11.6. The third-order valence-corrected chi connectivity index (χ3v) is 4.70. The maximum Gasteiger partial charge on any atom is 0.161 e. The lowest BCUT2D eigenvalue weighted by molar-refractivity contribution is 0.170. The molecule has 5 heteroatoms. The first-order valence-electron chi connectivity index (χ1n) is 9.33. The number of nitrogens with one attached hydrogen (secondary N) is 1. The van der Waals surface area contributed by atoms with Crippen LogP contribution in [0.4, 0.5) is 0 Å². The van der Waals surface area contributed by atoms with E-state index in [9.17, 15) is 0 Å². The Morgan fingerprint density at radius 3 is 2.60 bits per heavy atom. The van der Waals surface area contributed by atoms with Gasteiger partial charge in [0, 0.05) is 19.6 Å². The molecule has 1 fully saturated rings. The monoisotopic (exact) mass is 370 g/mol. The third-order valence-electron chi connectivity index (χ3n) is 4.70. The van der Waals surface area contributed by atoms with Gasteiger partial charge in [0.05, 0.1) is 13.7 Å². The van der Waals surface area contributed by atoms with Crippen LogP contribution < -0.4 is 14.8 Å². The van der Waals surface area contributed by atoms with E-state index in [2.05, 4.69) is 43.1 Å². The van der Waals surface area contributed by atoms with Gasteiger partial charge in [-0.05, 0) is 55.5 Å². The fourth-order valence-electron chi connectivity index (χ4n) is 3.47. The molecule has 1 aliphatic heterocycles. The number of ether oxygens (including phenoxy) is 2. The van der Waals surface area contributed by atoms with E-state index in [0.29, 0.717) is 5.41 Å². The standard InChI is InChI=1S/C20H34N2O2.ClH/c1-5-11-22(16-20(3)9-10-21-15-20)14-17-7-8-18(24-12-6-2)19(13-17)23-4;/h7-8,13,21H,5-6,9-12,14-16H2,1-4H3;1H. The minimum absolute atomic E-state index is 0. The van der Waals surface area contributed by atoms with E-state index in [1.165, 1.54) is 18.4 Å². The van der Waals surface area contributed by atoms with Crippen molar-refractivity contribution < 1.29 is 9.47 Å². The molecule has 4 nitrogen and oxygen atoms in total. The molecule has 144 valence electrons. The number of methoxy groups -OCH3 is 1. The Morgan fingerprint density at radius 2 is 2.00 bits per heavy atom. The fourth-order valence-corrected chi connectivity index (χ4v) is 3.47. The lowest BCUT2D eigenvalue weighted by Gasteiger charge is -2.32. The molecule has 1 atom stereocenters.